The van der Waals surface area contributed by atoms with E-state index in [1.165, 1.54) is 47.0 Å². The molecule has 0 saturated carbocycles. The molecule has 1 fully saturated rings. The summed E-state index contributed by atoms with van der Waals surface area (Å²) in [7, 11) is 0. The van der Waals surface area contributed by atoms with Gasteiger partial charge in [-0.1, -0.05) is 17.7 Å². The number of hydrogen-bond acceptors (Lipinski definition) is 5. The van der Waals surface area contributed by atoms with E-state index in [9.17, 15) is 18.4 Å². The van der Waals surface area contributed by atoms with Crippen molar-refractivity contribution < 1.29 is 23.1 Å². The SMILES string of the molecule is Cl.N[C@H]1CSc2cc(F)c(C(=O)CCC3CCOCC3)cc2N(Cc2ccc(Cl)cc2F)C1=O. The van der Waals surface area contributed by atoms with Gasteiger partial charge in [0.2, 0.25) is 5.91 Å². The van der Waals surface area contributed by atoms with Gasteiger partial charge in [-0.15, -0.1) is 24.2 Å². The highest BCUT2D eigenvalue weighted by molar-refractivity contribution is 7.99. The standard InChI is InChI=1S/C24H25ClF2N2O3S.ClH/c25-16-3-2-15(18(26)9-16)12-29-21-10-17(22(30)4-1-14-5-7-32-8-6-14)19(27)11-23(21)33-13-20(28)24(29)31;/h2-3,9-11,14,20H,1,4-8,12-13,28H2;1H/t20-;/m0./s1. The predicted molar refractivity (Wildman–Crippen MR) is 132 cm³/mol. The fourth-order valence-electron chi connectivity index (χ4n) is 4.14. The van der Waals surface area contributed by atoms with Crippen LogP contribution in [0.25, 0.3) is 0 Å². The molecule has 0 aliphatic carbocycles. The Bertz CT molecular complexity index is 1070. The van der Waals surface area contributed by atoms with Crippen molar-refractivity contribution in [3.05, 3.63) is 58.1 Å². The molecule has 1 atom stereocenters. The third kappa shape index (κ3) is 6.10. The summed E-state index contributed by atoms with van der Waals surface area (Å²) in [5.41, 5.74) is 6.58. The lowest BCUT2D eigenvalue weighted by Crippen LogP contribution is -2.44. The van der Waals surface area contributed by atoms with E-state index < -0.39 is 23.6 Å². The first-order chi connectivity index (χ1) is 15.8. The molecule has 5 nitrogen and oxygen atoms in total. The van der Waals surface area contributed by atoms with Crippen molar-refractivity contribution in [1.82, 2.24) is 0 Å². The van der Waals surface area contributed by atoms with E-state index in [0.717, 1.165) is 12.8 Å². The minimum Gasteiger partial charge on any atom is -0.381 e. The highest BCUT2D eigenvalue weighted by atomic mass is 35.5. The van der Waals surface area contributed by atoms with E-state index in [1.807, 2.05) is 0 Å². The maximum Gasteiger partial charge on any atom is 0.245 e. The largest absolute Gasteiger partial charge is 0.381 e. The van der Waals surface area contributed by atoms with Gasteiger partial charge >= 0.3 is 0 Å². The lowest BCUT2D eigenvalue weighted by molar-refractivity contribution is -0.119. The van der Waals surface area contributed by atoms with Gasteiger partial charge in [-0.05, 0) is 49.4 Å². The van der Waals surface area contributed by atoms with Crippen LogP contribution in [0.2, 0.25) is 5.02 Å². The van der Waals surface area contributed by atoms with Gasteiger partial charge in [0.15, 0.2) is 5.78 Å². The average Bonchev–Trinajstić information content (AvgIpc) is 2.91. The zero-order chi connectivity index (χ0) is 23.5. The van der Waals surface area contributed by atoms with Crippen LogP contribution in [0, 0.1) is 17.6 Å². The Morgan fingerprint density at radius 1 is 1.18 bits per heavy atom. The van der Waals surface area contributed by atoms with Crippen molar-refractivity contribution >= 4 is 53.1 Å². The minimum atomic E-state index is -0.839. The molecule has 0 bridgehead atoms. The van der Waals surface area contributed by atoms with Gasteiger partial charge in [-0.2, -0.15) is 0 Å². The lowest BCUT2D eigenvalue weighted by Gasteiger charge is -2.25. The fourth-order valence-corrected chi connectivity index (χ4v) is 5.31. The molecule has 0 spiro atoms. The van der Waals surface area contributed by atoms with Gasteiger partial charge in [0.25, 0.3) is 0 Å². The molecule has 1 saturated heterocycles. The predicted octanol–water partition coefficient (Wildman–Crippen LogP) is 5.40. The molecule has 4 rings (SSSR count). The third-order valence-corrected chi connectivity index (χ3v) is 7.50. The third-order valence-electron chi connectivity index (χ3n) is 6.11. The number of ketones is 1. The van der Waals surface area contributed by atoms with Crippen LogP contribution < -0.4 is 10.6 Å². The van der Waals surface area contributed by atoms with E-state index in [2.05, 4.69) is 0 Å². The number of ether oxygens (including phenoxy) is 1. The van der Waals surface area contributed by atoms with Gasteiger partial charge in [0, 0.05) is 40.9 Å². The maximum absolute atomic E-state index is 14.9. The molecule has 0 unspecified atom stereocenters. The zero-order valence-corrected chi connectivity index (χ0v) is 20.8. The molecular weight excluding hydrogens is 505 g/mol. The number of benzene rings is 2. The molecule has 34 heavy (non-hydrogen) atoms. The van der Waals surface area contributed by atoms with Crippen LogP contribution in [0.1, 0.15) is 41.6 Å². The van der Waals surface area contributed by atoms with E-state index in [0.29, 0.717) is 36.1 Å². The van der Waals surface area contributed by atoms with Gasteiger partial charge in [0.05, 0.1) is 23.8 Å². The number of nitrogens with zero attached hydrogens (tertiary/aromatic N) is 1. The number of Topliss-reactive ketones (excluding diaryl/α,β-unsaturated/α-hetero) is 1. The Labute approximate surface area is 212 Å². The summed E-state index contributed by atoms with van der Waals surface area (Å²) < 4.78 is 34.7. The van der Waals surface area contributed by atoms with E-state index in [1.54, 1.807) is 0 Å². The Kier molecular flexibility index (Phi) is 9.34. The summed E-state index contributed by atoms with van der Waals surface area (Å²) in [5.74, 6) is -1.28. The first-order valence-corrected chi connectivity index (χ1v) is 12.3. The van der Waals surface area contributed by atoms with Crippen LogP contribution in [0.15, 0.2) is 35.2 Å². The molecule has 0 radical (unpaired) electrons. The summed E-state index contributed by atoms with van der Waals surface area (Å²) in [6.07, 6.45) is 2.66. The maximum atomic E-state index is 14.9. The van der Waals surface area contributed by atoms with Crippen molar-refractivity contribution in [2.24, 2.45) is 11.7 Å². The highest BCUT2D eigenvalue weighted by Crippen LogP contribution is 2.38. The average molecular weight is 531 g/mol. The lowest BCUT2D eigenvalue weighted by atomic mass is 9.92. The van der Waals surface area contributed by atoms with Crippen molar-refractivity contribution in [3.8, 4) is 0 Å². The summed E-state index contributed by atoms with van der Waals surface area (Å²) >= 11 is 7.09. The van der Waals surface area contributed by atoms with Crippen LogP contribution in [0.3, 0.4) is 0 Å². The molecule has 1 amide bonds. The molecule has 2 N–H and O–H groups in total. The van der Waals surface area contributed by atoms with Crippen LogP contribution in [0.5, 0.6) is 0 Å². The van der Waals surface area contributed by atoms with Crippen molar-refractivity contribution in [3.63, 3.8) is 0 Å². The molecule has 2 aromatic carbocycles. The first-order valence-electron chi connectivity index (χ1n) is 10.9. The summed E-state index contributed by atoms with van der Waals surface area (Å²) in [6.45, 7) is 1.26. The van der Waals surface area contributed by atoms with Crippen LogP contribution in [0.4, 0.5) is 14.5 Å². The number of carbonyl (C=O) groups is 2. The van der Waals surface area contributed by atoms with Gasteiger partial charge in [0.1, 0.15) is 11.6 Å². The van der Waals surface area contributed by atoms with Gasteiger partial charge in [-0.3, -0.25) is 9.59 Å². The monoisotopic (exact) mass is 530 g/mol. The second kappa shape index (κ2) is 11.8. The number of fused-ring (bicyclic) bond motifs is 1. The number of nitrogens with two attached hydrogens (primary N) is 1. The molecule has 0 aromatic heterocycles. The number of thioether (sulfide) groups is 1. The quantitative estimate of drug-likeness (QED) is 0.506. The Morgan fingerprint density at radius 2 is 1.91 bits per heavy atom. The number of carbonyl (C=O) groups excluding carboxylic acids is 2. The van der Waals surface area contributed by atoms with E-state index >= 15 is 0 Å². The van der Waals surface area contributed by atoms with Crippen molar-refractivity contribution in [2.45, 2.75) is 43.2 Å². The topological polar surface area (TPSA) is 72.6 Å². The van der Waals surface area contributed by atoms with Crippen LogP contribution >= 0.6 is 35.8 Å². The Hall–Kier alpha value is -1.71. The number of anilines is 1. The van der Waals surface area contributed by atoms with Crippen molar-refractivity contribution in [2.75, 3.05) is 23.9 Å². The molecule has 2 aromatic rings. The van der Waals surface area contributed by atoms with Crippen molar-refractivity contribution in [1.29, 1.82) is 0 Å². The fraction of sp³-hybridized carbons (Fsp3) is 0.417. The molecular formula is C24H26Cl2F2N2O3S. The van der Waals surface area contributed by atoms with Gasteiger partial charge < -0.3 is 15.4 Å². The molecule has 2 aliphatic heterocycles. The summed E-state index contributed by atoms with van der Waals surface area (Å²) in [6, 6.07) is 6.05. The minimum absolute atomic E-state index is 0. The summed E-state index contributed by atoms with van der Waals surface area (Å²) in [4.78, 5) is 27.8. The number of rotatable bonds is 6. The van der Waals surface area contributed by atoms with Crippen LogP contribution in [-0.2, 0) is 16.1 Å². The number of halogens is 4. The van der Waals surface area contributed by atoms with Crippen LogP contribution in [-0.4, -0.2) is 36.7 Å². The van der Waals surface area contributed by atoms with E-state index in [-0.39, 0.29) is 53.1 Å². The smallest absolute Gasteiger partial charge is 0.245 e. The second-order valence-electron chi connectivity index (χ2n) is 8.39. The molecule has 184 valence electrons. The summed E-state index contributed by atoms with van der Waals surface area (Å²) in [5, 5.41) is 0.241. The molecule has 2 heterocycles. The van der Waals surface area contributed by atoms with Gasteiger partial charge in [-0.25, -0.2) is 8.78 Å². The number of amides is 1. The Morgan fingerprint density at radius 3 is 2.62 bits per heavy atom. The normalized spacial score (nSPS) is 18.8. The second-order valence-corrected chi connectivity index (χ2v) is 9.89. The first kappa shape index (κ1) is 26.9. The van der Waals surface area contributed by atoms with E-state index in [4.69, 9.17) is 22.1 Å². The molecule has 2 aliphatic rings. The molecule has 10 heteroatoms. The zero-order valence-electron chi connectivity index (χ0n) is 18.4. The highest BCUT2D eigenvalue weighted by Gasteiger charge is 2.31. The number of hydrogen-bond donors (Lipinski definition) is 1. The Balaban J connectivity index is 0.00000324.